The summed E-state index contributed by atoms with van der Waals surface area (Å²) in [6.07, 6.45) is -3.61. The van der Waals surface area contributed by atoms with Crippen molar-refractivity contribution < 1.29 is 35.9 Å². The second-order valence-electron chi connectivity index (χ2n) is 5.87. The molecule has 1 amide bonds. The van der Waals surface area contributed by atoms with E-state index in [1.807, 2.05) is 0 Å². The Hall–Kier alpha value is -3.43. The van der Waals surface area contributed by atoms with Gasteiger partial charge in [0.05, 0.1) is 11.8 Å². The Morgan fingerprint density at radius 2 is 1.93 bits per heavy atom. The summed E-state index contributed by atoms with van der Waals surface area (Å²) in [5.74, 6) is -2.28. The van der Waals surface area contributed by atoms with Crippen molar-refractivity contribution in [2.24, 2.45) is 0 Å². The molecule has 3 rings (SSSR count). The second-order valence-corrected chi connectivity index (χ2v) is 5.87. The Kier molecular flexibility index (Phi) is 5.81. The van der Waals surface area contributed by atoms with E-state index in [4.69, 9.17) is 4.42 Å². The molecule has 0 unspecified atom stereocenters. The van der Waals surface area contributed by atoms with E-state index in [-0.39, 0.29) is 35.7 Å². The summed E-state index contributed by atoms with van der Waals surface area (Å²) in [4.78, 5) is 15.9. The van der Waals surface area contributed by atoms with Gasteiger partial charge in [-0.05, 0) is 24.3 Å². The molecule has 0 saturated heterocycles. The number of carbonyl (C=O) groups is 1. The third kappa shape index (κ3) is 5.77. The highest BCUT2D eigenvalue weighted by atomic mass is 19.4. The van der Waals surface area contributed by atoms with Crippen LogP contribution in [0.1, 0.15) is 12.3 Å². The number of anilines is 1. The maximum absolute atomic E-state index is 13.8. The van der Waals surface area contributed by atoms with Crippen molar-refractivity contribution in [3.63, 3.8) is 0 Å². The average Bonchev–Trinajstić information content (AvgIpc) is 3.07. The summed E-state index contributed by atoms with van der Waals surface area (Å²) in [7, 11) is 0. The van der Waals surface area contributed by atoms with Gasteiger partial charge in [-0.25, -0.2) is 13.8 Å². The summed E-state index contributed by atoms with van der Waals surface area (Å²) < 4.78 is 72.6. The molecule has 0 radical (unpaired) electrons. The minimum atomic E-state index is -4.84. The summed E-state index contributed by atoms with van der Waals surface area (Å²) in [6, 6.07) is 7.83. The molecule has 1 N–H and O–H groups in total. The standard InChI is InChI=1S/C19H13F5N2O3/c20-11-4-5-14(15(21)8-11)16-10-25-18(28-16)7-6-17(27)26-12-2-1-3-13(9-12)29-19(22,23)24/h1-5,8-10H,6-7H2,(H,26,27). The van der Waals surface area contributed by atoms with Crippen LogP contribution in [0.15, 0.2) is 53.1 Å². The molecule has 0 aliphatic heterocycles. The molecular formula is C19H13F5N2O3. The van der Waals surface area contributed by atoms with E-state index in [1.165, 1.54) is 24.4 Å². The third-order valence-corrected chi connectivity index (χ3v) is 3.67. The Balaban J connectivity index is 1.58. The number of nitrogens with zero attached hydrogens (tertiary/aromatic N) is 1. The van der Waals surface area contributed by atoms with Gasteiger partial charge in [0.2, 0.25) is 5.91 Å². The van der Waals surface area contributed by atoms with Crippen molar-refractivity contribution in [2.45, 2.75) is 19.2 Å². The Morgan fingerprint density at radius 1 is 1.14 bits per heavy atom. The lowest BCUT2D eigenvalue weighted by atomic mass is 10.2. The zero-order chi connectivity index (χ0) is 21.0. The van der Waals surface area contributed by atoms with Crippen LogP contribution in [-0.4, -0.2) is 17.3 Å². The molecule has 0 aliphatic rings. The van der Waals surface area contributed by atoms with Gasteiger partial charge in [0.1, 0.15) is 17.4 Å². The molecule has 0 fully saturated rings. The van der Waals surface area contributed by atoms with Gasteiger partial charge in [0, 0.05) is 30.7 Å². The number of rotatable bonds is 6. The predicted molar refractivity (Wildman–Crippen MR) is 91.9 cm³/mol. The van der Waals surface area contributed by atoms with Crippen molar-refractivity contribution in [1.82, 2.24) is 4.98 Å². The predicted octanol–water partition coefficient (Wildman–Crippen LogP) is 5.09. The number of oxazole rings is 1. The molecule has 0 aliphatic carbocycles. The van der Waals surface area contributed by atoms with Crippen molar-refractivity contribution in [1.29, 1.82) is 0 Å². The second kappa shape index (κ2) is 8.29. The van der Waals surface area contributed by atoms with Crippen LogP contribution in [0.2, 0.25) is 0 Å². The molecule has 2 aromatic carbocycles. The molecule has 1 aromatic heterocycles. The first-order valence-corrected chi connectivity index (χ1v) is 8.25. The largest absolute Gasteiger partial charge is 0.573 e. The Morgan fingerprint density at radius 3 is 2.66 bits per heavy atom. The van der Waals surface area contributed by atoms with E-state index in [9.17, 15) is 26.7 Å². The highest BCUT2D eigenvalue weighted by Crippen LogP contribution is 2.26. The van der Waals surface area contributed by atoms with Crippen molar-refractivity contribution in [2.75, 3.05) is 5.32 Å². The maximum Gasteiger partial charge on any atom is 0.573 e. The zero-order valence-electron chi connectivity index (χ0n) is 14.6. The van der Waals surface area contributed by atoms with Crippen LogP contribution in [0, 0.1) is 11.6 Å². The molecule has 10 heteroatoms. The fourth-order valence-corrected chi connectivity index (χ4v) is 2.45. The van der Waals surface area contributed by atoms with E-state index in [2.05, 4.69) is 15.0 Å². The monoisotopic (exact) mass is 412 g/mol. The molecular weight excluding hydrogens is 399 g/mol. The number of nitrogens with one attached hydrogen (secondary N) is 1. The van der Waals surface area contributed by atoms with Gasteiger partial charge in [-0.1, -0.05) is 6.07 Å². The number of ether oxygens (including phenoxy) is 1. The van der Waals surface area contributed by atoms with Crippen LogP contribution < -0.4 is 10.1 Å². The van der Waals surface area contributed by atoms with E-state index in [0.717, 1.165) is 18.2 Å². The fourth-order valence-electron chi connectivity index (χ4n) is 2.45. The zero-order valence-corrected chi connectivity index (χ0v) is 14.6. The summed E-state index contributed by atoms with van der Waals surface area (Å²) >= 11 is 0. The number of aromatic nitrogens is 1. The van der Waals surface area contributed by atoms with Crippen LogP contribution in [0.4, 0.5) is 27.6 Å². The first-order valence-electron chi connectivity index (χ1n) is 8.25. The number of aryl methyl sites for hydroxylation is 1. The lowest BCUT2D eigenvalue weighted by Crippen LogP contribution is -2.17. The van der Waals surface area contributed by atoms with Crippen LogP contribution in [0.3, 0.4) is 0 Å². The minimum absolute atomic E-state index is 0.0241. The van der Waals surface area contributed by atoms with Crippen LogP contribution >= 0.6 is 0 Å². The normalized spacial score (nSPS) is 11.3. The molecule has 1 heterocycles. The Labute approximate surface area is 161 Å². The first-order chi connectivity index (χ1) is 13.7. The van der Waals surface area contributed by atoms with Crippen molar-refractivity contribution >= 4 is 11.6 Å². The highest BCUT2D eigenvalue weighted by Gasteiger charge is 2.31. The smallest absolute Gasteiger partial charge is 0.441 e. The van der Waals surface area contributed by atoms with Gasteiger partial charge < -0.3 is 14.5 Å². The van der Waals surface area contributed by atoms with E-state index in [1.54, 1.807) is 0 Å². The lowest BCUT2D eigenvalue weighted by Gasteiger charge is -2.10. The topological polar surface area (TPSA) is 64.4 Å². The minimum Gasteiger partial charge on any atom is -0.441 e. The molecule has 152 valence electrons. The number of hydrogen-bond donors (Lipinski definition) is 1. The number of halogens is 5. The molecule has 29 heavy (non-hydrogen) atoms. The first kappa shape index (κ1) is 20.3. The SMILES string of the molecule is O=C(CCc1ncc(-c2ccc(F)cc2F)o1)Nc1cccc(OC(F)(F)F)c1. The van der Waals surface area contributed by atoms with E-state index < -0.39 is 29.7 Å². The number of alkyl halides is 3. The quantitative estimate of drug-likeness (QED) is 0.573. The molecule has 3 aromatic rings. The van der Waals surface area contributed by atoms with Gasteiger partial charge in [0.25, 0.3) is 0 Å². The van der Waals surface area contributed by atoms with Gasteiger partial charge in [-0.2, -0.15) is 0 Å². The number of carbonyl (C=O) groups excluding carboxylic acids is 1. The summed E-state index contributed by atoms with van der Waals surface area (Å²) in [5, 5.41) is 2.43. The number of benzene rings is 2. The molecule has 0 atom stereocenters. The summed E-state index contributed by atoms with van der Waals surface area (Å²) in [5.41, 5.74) is 0.148. The highest BCUT2D eigenvalue weighted by molar-refractivity contribution is 5.90. The number of amides is 1. The number of hydrogen-bond acceptors (Lipinski definition) is 4. The molecule has 5 nitrogen and oxygen atoms in total. The van der Waals surface area contributed by atoms with E-state index in [0.29, 0.717) is 6.07 Å². The van der Waals surface area contributed by atoms with Gasteiger partial charge in [-0.15, -0.1) is 13.2 Å². The fraction of sp³-hybridized carbons (Fsp3) is 0.158. The molecule has 0 spiro atoms. The molecule has 0 bridgehead atoms. The summed E-state index contributed by atoms with van der Waals surface area (Å²) in [6.45, 7) is 0. The Bertz CT molecular complexity index is 1020. The van der Waals surface area contributed by atoms with E-state index >= 15 is 0 Å². The van der Waals surface area contributed by atoms with Gasteiger partial charge in [-0.3, -0.25) is 4.79 Å². The van der Waals surface area contributed by atoms with Gasteiger partial charge in [0.15, 0.2) is 11.7 Å². The van der Waals surface area contributed by atoms with Crippen LogP contribution in [0.25, 0.3) is 11.3 Å². The lowest BCUT2D eigenvalue weighted by molar-refractivity contribution is -0.274. The van der Waals surface area contributed by atoms with Gasteiger partial charge >= 0.3 is 6.36 Å². The maximum atomic E-state index is 13.8. The van der Waals surface area contributed by atoms with Crippen LogP contribution in [0.5, 0.6) is 5.75 Å². The van der Waals surface area contributed by atoms with Crippen molar-refractivity contribution in [3.05, 3.63) is 66.2 Å². The third-order valence-electron chi connectivity index (χ3n) is 3.67. The molecule has 0 saturated carbocycles. The average molecular weight is 412 g/mol. The van der Waals surface area contributed by atoms with Crippen LogP contribution in [-0.2, 0) is 11.2 Å². The van der Waals surface area contributed by atoms with Crippen molar-refractivity contribution in [3.8, 4) is 17.1 Å².